The summed E-state index contributed by atoms with van der Waals surface area (Å²) in [7, 11) is -5.19. The molecule has 3 rings (SSSR count). The van der Waals surface area contributed by atoms with E-state index in [0.29, 0.717) is 48.1 Å². The van der Waals surface area contributed by atoms with E-state index in [1.165, 1.54) is 16.7 Å². The van der Waals surface area contributed by atoms with Gasteiger partial charge in [0.15, 0.2) is 0 Å². The number of hydrogen-bond acceptors (Lipinski definition) is 5. The standard InChI is InChI=1S/C22H30Cl2N4O4S2/c1-4-9-32-21-11-20(24)19(23)10-17(21)18(12-22(2,3)33(25)29)15-5-7-28(8-6-15)34(30,31)16-13-26-27-14-16/h4,10-11,13-15,18H,1,5-9,12,25H2,2-3H3,(H,26,27)/t18-,33?/m1/s1. The van der Waals surface area contributed by atoms with Gasteiger partial charge in [-0.3, -0.25) is 10.2 Å². The zero-order valence-corrected chi connectivity index (χ0v) is 22.3. The second kappa shape index (κ2) is 11.1. The number of sulfonamides is 1. The molecule has 188 valence electrons. The Morgan fingerprint density at radius 1 is 1.35 bits per heavy atom. The Labute approximate surface area is 213 Å². The Morgan fingerprint density at radius 2 is 2.00 bits per heavy atom. The number of ether oxygens (including phenoxy) is 1. The molecule has 34 heavy (non-hydrogen) atoms. The molecule has 8 nitrogen and oxygen atoms in total. The quantitative estimate of drug-likeness (QED) is 0.430. The lowest BCUT2D eigenvalue weighted by molar-refractivity contribution is 0.227. The first-order valence-corrected chi connectivity index (χ1v) is 14.3. The lowest BCUT2D eigenvalue weighted by Gasteiger charge is -2.38. The molecule has 2 aromatic rings. The molecule has 0 saturated carbocycles. The van der Waals surface area contributed by atoms with E-state index < -0.39 is 25.8 Å². The van der Waals surface area contributed by atoms with Crippen molar-refractivity contribution in [2.24, 2.45) is 11.1 Å². The topological polar surface area (TPSA) is 118 Å². The van der Waals surface area contributed by atoms with E-state index in [-0.39, 0.29) is 23.3 Å². The zero-order valence-electron chi connectivity index (χ0n) is 19.2. The van der Waals surface area contributed by atoms with E-state index in [9.17, 15) is 12.6 Å². The maximum absolute atomic E-state index is 12.9. The third-order valence-electron chi connectivity index (χ3n) is 6.24. The molecule has 12 heteroatoms. The molecule has 2 heterocycles. The minimum absolute atomic E-state index is 0.0851. The van der Waals surface area contributed by atoms with Gasteiger partial charge in [-0.05, 0) is 56.6 Å². The van der Waals surface area contributed by atoms with Crippen molar-refractivity contribution in [1.82, 2.24) is 14.5 Å². The highest BCUT2D eigenvalue weighted by Gasteiger charge is 2.38. The highest BCUT2D eigenvalue weighted by atomic mass is 35.5. The summed E-state index contributed by atoms with van der Waals surface area (Å²) in [5.74, 6) is 0.532. The summed E-state index contributed by atoms with van der Waals surface area (Å²) in [6, 6.07) is 3.47. The number of aromatic nitrogens is 2. The van der Waals surface area contributed by atoms with Gasteiger partial charge >= 0.3 is 0 Å². The fourth-order valence-electron chi connectivity index (χ4n) is 4.30. The highest BCUT2D eigenvalue weighted by molar-refractivity contribution is 7.89. The van der Waals surface area contributed by atoms with E-state index in [1.54, 1.807) is 18.2 Å². The van der Waals surface area contributed by atoms with Gasteiger partial charge in [-0.15, -0.1) is 0 Å². The zero-order chi connectivity index (χ0) is 25.1. The van der Waals surface area contributed by atoms with Crippen molar-refractivity contribution in [1.29, 1.82) is 0 Å². The Morgan fingerprint density at radius 3 is 2.56 bits per heavy atom. The fourth-order valence-corrected chi connectivity index (χ4v) is 6.34. The molecular weight excluding hydrogens is 519 g/mol. The van der Waals surface area contributed by atoms with Crippen LogP contribution in [0.5, 0.6) is 5.75 Å². The number of aromatic amines is 1. The number of piperidine rings is 1. The van der Waals surface area contributed by atoms with E-state index in [0.717, 1.165) is 5.56 Å². The minimum atomic E-state index is -3.62. The average molecular weight is 550 g/mol. The number of benzene rings is 1. The van der Waals surface area contributed by atoms with Crippen LogP contribution in [0.1, 0.15) is 44.6 Å². The summed E-state index contributed by atoms with van der Waals surface area (Å²) in [5, 5.41) is 12.9. The van der Waals surface area contributed by atoms with E-state index in [2.05, 4.69) is 16.8 Å². The first-order valence-electron chi connectivity index (χ1n) is 10.8. The molecule has 3 N–H and O–H groups in total. The van der Waals surface area contributed by atoms with E-state index in [4.69, 9.17) is 33.1 Å². The van der Waals surface area contributed by atoms with Crippen molar-refractivity contribution in [2.45, 2.75) is 48.7 Å². The van der Waals surface area contributed by atoms with Crippen LogP contribution in [0.2, 0.25) is 10.0 Å². The lowest BCUT2D eigenvalue weighted by Crippen LogP contribution is -2.41. The Balaban J connectivity index is 1.93. The molecule has 1 unspecified atom stereocenters. The molecule has 1 fully saturated rings. The van der Waals surface area contributed by atoms with Crippen molar-refractivity contribution >= 4 is 44.2 Å². The molecule has 0 aliphatic carbocycles. The number of nitrogens with two attached hydrogens (primary N) is 1. The molecule has 2 atom stereocenters. The number of hydrogen-bond donors (Lipinski definition) is 2. The smallest absolute Gasteiger partial charge is 0.246 e. The van der Waals surface area contributed by atoms with Crippen LogP contribution in [0.4, 0.5) is 0 Å². The fraction of sp³-hybridized carbons (Fsp3) is 0.500. The maximum atomic E-state index is 12.9. The van der Waals surface area contributed by atoms with E-state index >= 15 is 0 Å². The summed E-state index contributed by atoms with van der Waals surface area (Å²) in [6.07, 6.45) is 6.04. The third-order valence-corrected chi connectivity index (χ3v) is 10.1. The molecule has 0 bridgehead atoms. The minimum Gasteiger partial charge on any atom is -0.489 e. The van der Waals surface area contributed by atoms with Crippen molar-refractivity contribution in [2.75, 3.05) is 19.7 Å². The maximum Gasteiger partial charge on any atom is 0.246 e. The molecule has 0 spiro atoms. The van der Waals surface area contributed by atoms with Gasteiger partial charge in [-0.1, -0.05) is 35.9 Å². The van der Waals surface area contributed by atoms with Crippen LogP contribution in [0.25, 0.3) is 0 Å². The van der Waals surface area contributed by atoms with Crippen LogP contribution in [-0.4, -0.2) is 51.6 Å². The van der Waals surface area contributed by atoms with Gasteiger partial charge in [0.05, 0.1) is 32.0 Å². The van der Waals surface area contributed by atoms with E-state index in [1.807, 2.05) is 13.8 Å². The second-order valence-electron chi connectivity index (χ2n) is 8.95. The van der Waals surface area contributed by atoms with Gasteiger partial charge in [0.1, 0.15) is 17.3 Å². The van der Waals surface area contributed by atoms with Gasteiger partial charge in [0.2, 0.25) is 10.0 Å². The number of nitrogens with zero attached hydrogens (tertiary/aromatic N) is 2. The summed E-state index contributed by atoms with van der Waals surface area (Å²) in [6.45, 7) is 8.41. The normalized spacial score (nSPS) is 17.9. The van der Waals surface area contributed by atoms with Crippen molar-refractivity contribution in [3.63, 3.8) is 0 Å². The monoisotopic (exact) mass is 548 g/mol. The average Bonchev–Trinajstić information content (AvgIpc) is 3.34. The highest BCUT2D eigenvalue weighted by Crippen LogP contribution is 2.45. The predicted molar refractivity (Wildman–Crippen MR) is 136 cm³/mol. The number of nitrogens with one attached hydrogen (secondary N) is 1. The van der Waals surface area contributed by atoms with Crippen molar-refractivity contribution in [3.05, 3.63) is 52.8 Å². The van der Waals surface area contributed by atoms with Gasteiger partial charge in [-0.2, -0.15) is 9.40 Å². The first kappa shape index (κ1) is 27.2. The Kier molecular flexibility index (Phi) is 8.86. The van der Waals surface area contributed by atoms with Crippen LogP contribution in [0.15, 0.2) is 42.1 Å². The molecule has 1 aliphatic rings. The summed E-state index contributed by atoms with van der Waals surface area (Å²) < 4.78 is 44.8. The number of halogens is 2. The van der Waals surface area contributed by atoms with Gasteiger partial charge in [0, 0.05) is 25.4 Å². The largest absolute Gasteiger partial charge is 0.489 e. The molecule has 0 radical (unpaired) electrons. The van der Waals surface area contributed by atoms with Gasteiger partial charge in [0.25, 0.3) is 0 Å². The molecule has 1 aromatic heterocycles. The molecule has 1 saturated heterocycles. The first-order chi connectivity index (χ1) is 16.0. The number of rotatable bonds is 10. The van der Waals surface area contributed by atoms with Crippen LogP contribution in [0.3, 0.4) is 0 Å². The van der Waals surface area contributed by atoms with Gasteiger partial charge < -0.3 is 4.74 Å². The van der Waals surface area contributed by atoms with Crippen LogP contribution in [-0.2, 0) is 21.0 Å². The predicted octanol–water partition coefficient (Wildman–Crippen LogP) is 4.26. The Hall–Kier alpha value is -1.43. The third kappa shape index (κ3) is 6.03. The molecular formula is C22H30Cl2N4O4S2. The van der Waals surface area contributed by atoms with Crippen molar-refractivity contribution in [3.8, 4) is 5.75 Å². The number of H-pyrrole nitrogens is 1. The lowest BCUT2D eigenvalue weighted by atomic mass is 9.75. The van der Waals surface area contributed by atoms with Crippen LogP contribution >= 0.6 is 23.2 Å². The SMILES string of the molecule is C=CCOc1cc(Cl)c(Cl)cc1[C@H](CC(C)(C)S(N)=O)C1CCN(S(=O)(=O)c2cn[nH]c2)CC1. The Bertz CT molecular complexity index is 1130. The summed E-state index contributed by atoms with van der Waals surface area (Å²) in [4.78, 5) is 0.145. The molecule has 1 aliphatic heterocycles. The summed E-state index contributed by atoms with van der Waals surface area (Å²) in [5.41, 5.74) is 0.839. The molecule has 0 amide bonds. The second-order valence-corrected chi connectivity index (χ2v) is 13.4. The molecule has 1 aromatic carbocycles. The summed E-state index contributed by atoms with van der Waals surface area (Å²) >= 11 is 12.7. The van der Waals surface area contributed by atoms with Gasteiger partial charge in [-0.25, -0.2) is 12.6 Å². The van der Waals surface area contributed by atoms with Crippen LogP contribution < -0.4 is 9.88 Å². The van der Waals surface area contributed by atoms with Crippen molar-refractivity contribution < 1.29 is 17.4 Å². The van der Waals surface area contributed by atoms with Crippen LogP contribution in [0, 0.1) is 5.92 Å².